The third-order valence-corrected chi connectivity index (χ3v) is 7.36. The zero-order chi connectivity index (χ0) is 33.8. The quantitative estimate of drug-likeness (QED) is 0.174. The molecule has 2 aromatic heterocycles. The molecule has 4 aromatic rings. The van der Waals surface area contributed by atoms with Crippen LogP contribution in [0.5, 0.6) is 11.5 Å². The number of amides is 1. The highest BCUT2D eigenvalue weighted by Crippen LogP contribution is 2.49. The standard InChI is InChI=1S/C30H21F8N3O5/c1-14-8-17-9-16(10-21(23(17)40-12-14)46-30(36,37)38)20(42)6-7-28(44,29(33,34)35)22-11-19-25(45-13-27(19,32)26(39)43)24(41-22)15-2-4-18(31)5-3-15/h2-5,8-12,44H,6-7,13H2,1H3,(H2,39,43)/t27-,28+/m1/s1. The maximum Gasteiger partial charge on any atom is 0.573 e. The third-order valence-electron chi connectivity index (χ3n) is 7.36. The fraction of sp³-hybridized carbons (Fsp3) is 0.267. The van der Waals surface area contributed by atoms with Crippen LogP contribution >= 0.6 is 0 Å². The Kier molecular flexibility index (Phi) is 7.91. The molecule has 46 heavy (non-hydrogen) atoms. The van der Waals surface area contributed by atoms with Gasteiger partial charge in [-0.25, -0.2) is 13.8 Å². The van der Waals surface area contributed by atoms with Crippen LogP contribution in [0.4, 0.5) is 35.1 Å². The van der Waals surface area contributed by atoms with E-state index >= 15 is 4.39 Å². The first kappa shape index (κ1) is 32.5. The highest BCUT2D eigenvalue weighted by molar-refractivity contribution is 6.01. The Hall–Kier alpha value is -4.86. The van der Waals surface area contributed by atoms with Gasteiger partial charge in [0.2, 0.25) is 5.60 Å². The molecule has 242 valence electrons. The van der Waals surface area contributed by atoms with Gasteiger partial charge in [-0.2, -0.15) is 13.2 Å². The minimum absolute atomic E-state index is 0.0196. The molecule has 0 aliphatic carbocycles. The zero-order valence-corrected chi connectivity index (χ0v) is 23.4. The van der Waals surface area contributed by atoms with E-state index in [0.29, 0.717) is 17.7 Å². The van der Waals surface area contributed by atoms with E-state index in [1.54, 1.807) is 6.92 Å². The lowest BCUT2D eigenvalue weighted by Gasteiger charge is -2.31. The second-order valence-corrected chi connectivity index (χ2v) is 10.6. The smallest absolute Gasteiger partial charge is 0.487 e. The molecule has 5 rings (SSSR count). The number of aliphatic hydroxyl groups is 1. The van der Waals surface area contributed by atoms with Crippen LogP contribution in [0.15, 0.2) is 54.7 Å². The number of Topliss-reactive ketones (excluding diaryl/α,β-unsaturated/α-hetero) is 1. The van der Waals surface area contributed by atoms with Crippen molar-refractivity contribution in [3.8, 4) is 22.8 Å². The first-order valence-electron chi connectivity index (χ1n) is 13.2. The van der Waals surface area contributed by atoms with Gasteiger partial charge in [-0.3, -0.25) is 14.6 Å². The molecule has 0 fully saturated rings. The van der Waals surface area contributed by atoms with Gasteiger partial charge < -0.3 is 20.3 Å². The van der Waals surface area contributed by atoms with Crippen LogP contribution in [0.1, 0.15) is 40.0 Å². The SMILES string of the molecule is Cc1cnc2c(OC(F)(F)F)cc(C(=O)CC[C@](O)(c3cc4c(c(-c5ccc(F)cc5)n3)OC[C@]4(F)C(N)=O)C(F)(F)F)cc2c1. The van der Waals surface area contributed by atoms with Crippen molar-refractivity contribution in [1.29, 1.82) is 0 Å². The summed E-state index contributed by atoms with van der Waals surface area (Å²) in [6, 6.07) is 7.61. The Morgan fingerprint density at radius 1 is 1.07 bits per heavy atom. The van der Waals surface area contributed by atoms with Crippen molar-refractivity contribution >= 4 is 22.6 Å². The lowest BCUT2D eigenvalue weighted by molar-refractivity contribution is -0.274. The van der Waals surface area contributed by atoms with Gasteiger partial charge in [0.25, 0.3) is 11.6 Å². The molecule has 0 saturated carbocycles. The van der Waals surface area contributed by atoms with Gasteiger partial charge in [0.1, 0.15) is 23.6 Å². The van der Waals surface area contributed by atoms with Gasteiger partial charge in [0.05, 0.1) is 5.69 Å². The molecule has 0 spiro atoms. The number of carbonyl (C=O) groups is 2. The Balaban J connectivity index is 1.59. The van der Waals surface area contributed by atoms with Crippen molar-refractivity contribution in [3.05, 3.63) is 82.9 Å². The molecular formula is C30H21F8N3O5. The van der Waals surface area contributed by atoms with Gasteiger partial charge in [-0.05, 0) is 67.4 Å². The lowest BCUT2D eigenvalue weighted by Crippen LogP contribution is -2.44. The molecule has 2 atom stereocenters. The summed E-state index contributed by atoms with van der Waals surface area (Å²) in [5.74, 6) is -4.83. The van der Waals surface area contributed by atoms with Crippen LogP contribution in [0.2, 0.25) is 0 Å². The average Bonchev–Trinajstić information content (AvgIpc) is 3.31. The second kappa shape index (κ2) is 11.2. The summed E-state index contributed by atoms with van der Waals surface area (Å²) in [5, 5.41) is 11.1. The molecule has 2 aromatic carbocycles. The van der Waals surface area contributed by atoms with Crippen LogP contribution in [0, 0.1) is 12.7 Å². The number of nitrogens with two attached hydrogens (primary N) is 1. The van der Waals surface area contributed by atoms with E-state index < -0.39 is 94.8 Å². The predicted octanol–water partition coefficient (Wildman–Crippen LogP) is 6.10. The number of halogens is 8. The number of ether oxygens (including phenoxy) is 2. The van der Waals surface area contributed by atoms with E-state index in [1.807, 2.05) is 0 Å². The average molecular weight is 655 g/mol. The molecular weight excluding hydrogens is 634 g/mol. The Morgan fingerprint density at radius 2 is 1.74 bits per heavy atom. The molecule has 1 amide bonds. The molecule has 0 radical (unpaired) electrons. The summed E-state index contributed by atoms with van der Waals surface area (Å²) < 4.78 is 122. The summed E-state index contributed by atoms with van der Waals surface area (Å²) in [5.41, 5.74) is -4.81. The molecule has 0 unspecified atom stereocenters. The van der Waals surface area contributed by atoms with Crippen molar-refractivity contribution in [2.75, 3.05) is 6.61 Å². The summed E-state index contributed by atoms with van der Waals surface area (Å²) in [7, 11) is 0. The number of fused-ring (bicyclic) bond motifs is 2. The second-order valence-electron chi connectivity index (χ2n) is 10.6. The number of rotatable bonds is 8. The number of aryl methyl sites for hydroxylation is 1. The van der Waals surface area contributed by atoms with Crippen LogP contribution in [0.3, 0.4) is 0 Å². The monoisotopic (exact) mass is 655 g/mol. The van der Waals surface area contributed by atoms with Crippen molar-refractivity contribution in [3.63, 3.8) is 0 Å². The first-order chi connectivity index (χ1) is 21.3. The van der Waals surface area contributed by atoms with Crippen molar-refractivity contribution in [1.82, 2.24) is 9.97 Å². The van der Waals surface area contributed by atoms with E-state index in [1.165, 1.54) is 12.3 Å². The van der Waals surface area contributed by atoms with Crippen molar-refractivity contribution in [2.24, 2.45) is 5.73 Å². The molecule has 0 bridgehead atoms. The normalized spacial score (nSPS) is 17.7. The lowest BCUT2D eigenvalue weighted by atomic mass is 9.86. The number of benzene rings is 2. The maximum atomic E-state index is 15.7. The topological polar surface area (TPSA) is 125 Å². The van der Waals surface area contributed by atoms with Crippen molar-refractivity contribution < 1.29 is 59.3 Å². The predicted molar refractivity (Wildman–Crippen MR) is 144 cm³/mol. The van der Waals surface area contributed by atoms with Gasteiger partial charge in [-0.15, -0.1) is 13.2 Å². The number of ketones is 1. The number of nitrogens with zero attached hydrogens (tertiary/aromatic N) is 2. The molecule has 8 nitrogen and oxygen atoms in total. The molecule has 3 N–H and O–H groups in total. The minimum atomic E-state index is -5.57. The molecule has 16 heteroatoms. The Bertz CT molecular complexity index is 1860. The fourth-order valence-electron chi connectivity index (χ4n) is 4.99. The minimum Gasteiger partial charge on any atom is -0.487 e. The van der Waals surface area contributed by atoms with E-state index in [4.69, 9.17) is 10.5 Å². The van der Waals surface area contributed by atoms with E-state index in [-0.39, 0.29) is 16.5 Å². The van der Waals surface area contributed by atoms with E-state index in [2.05, 4.69) is 14.7 Å². The van der Waals surface area contributed by atoms with Gasteiger partial charge in [0, 0.05) is 34.7 Å². The first-order valence-corrected chi connectivity index (χ1v) is 13.2. The fourth-order valence-corrected chi connectivity index (χ4v) is 4.99. The number of hydrogen-bond donors (Lipinski definition) is 2. The summed E-state index contributed by atoms with van der Waals surface area (Å²) in [4.78, 5) is 32.9. The van der Waals surface area contributed by atoms with Gasteiger partial charge in [-0.1, -0.05) is 0 Å². The molecule has 1 aliphatic rings. The number of pyridine rings is 2. The molecule has 0 saturated heterocycles. The largest absolute Gasteiger partial charge is 0.573 e. The molecule has 1 aliphatic heterocycles. The highest BCUT2D eigenvalue weighted by atomic mass is 19.4. The van der Waals surface area contributed by atoms with Crippen LogP contribution in [-0.4, -0.2) is 45.9 Å². The van der Waals surface area contributed by atoms with Crippen LogP contribution in [-0.2, 0) is 16.1 Å². The molecule has 3 heterocycles. The zero-order valence-electron chi connectivity index (χ0n) is 23.4. The summed E-state index contributed by atoms with van der Waals surface area (Å²) in [6.45, 7) is 0.534. The van der Waals surface area contributed by atoms with Crippen LogP contribution in [0.25, 0.3) is 22.2 Å². The number of alkyl halides is 7. The summed E-state index contributed by atoms with van der Waals surface area (Å²) >= 11 is 0. The summed E-state index contributed by atoms with van der Waals surface area (Å²) in [6.07, 6.45) is -12.1. The highest BCUT2D eigenvalue weighted by Gasteiger charge is 2.58. The van der Waals surface area contributed by atoms with Crippen LogP contribution < -0.4 is 15.2 Å². The maximum absolute atomic E-state index is 15.7. The number of hydrogen-bond acceptors (Lipinski definition) is 7. The Labute approximate surface area is 253 Å². The number of aromatic nitrogens is 2. The van der Waals surface area contributed by atoms with Gasteiger partial charge >= 0.3 is 12.5 Å². The van der Waals surface area contributed by atoms with Gasteiger partial charge in [0.15, 0.2) is 17.3 Å². The third kappa shape index (κ3) is 5.91. The number of carbonyl (C=O) groups excluding carboxylic acids is 2. The van der Waals surface area contributed by atoms with E-state index in [0.717, 1.165) is 30.3 Å². The Morgan fingerprint density at radius 3 is 2.35 bits per heavy atom. The van der Waals surface area contributed by atoms with E-state index in [9.17, 15) is 45.4 Å². The van der Waals surface area contributed by atoms with Crippen molar-refractivity contribution in [2.45, 2.75) is 43.6 Å². The number of primary amides is 1.